The monoisotopic (exact) mass is 379 g/mol. The Morgan fingerprint density at radius 1 is 1.22 bits per heavy atom. The zero-order chi connectivity index (χ0) is 20.4. The van der Waals surface area contributed by atoms with Crippen LogP contribution in [0.25, 0.3) is 0 Å². The number of rotatable bonds is 5. The molecule has 1 amide bonds. The fourth-order valence-electron chi connectivity index (χ4n) is 2.40. The Morgan fingerprint density at radius 3 is 2.52 bits per heavy atom. The van der Waals surface area contributed by atoms with Crippen molar-refractivity contribution in [3.8, 4) is 0 Å². The van der Waals surface area contributed by atoms with Crippen LogP contribution in [0.5, 0.6) is 0 Å². The maximum atomic E-state index is 11.7. The number of esters is 1. The summed E-state index contributed by atoms with van der Waals surface area (Å²) in [7, 11) is 1.43. The van der Waals surface area contributed by atoms with Gasteiger partial charge in [0.2, 0.25) is 0 Å². The number of hydrogen-bond acceptors (Lipinski definition) is 5. The largest absolute Gasteiger partial charge is 0.469 e. The van der Waals surface area contributed by atoms with E-state index in [4.69, 9.17) is 9.47 Å². The van der Waals surface area contributed by atoms with Gasteiger partial charge in [0.05, 0.1) is 20.3 Å². The number of hydrogen-bond donors (Lipinski definition) is 1. The van der Waals surface area contributed by atoms with Gasteiger partial charge in [-0.1, -0.05) is 32.4 Å². The third-order valence-electron chi connectivity index (χ3n) is 3.73. The lowest BCUT2D eigenvalue weighted by Crippen LogP contribution is -2.27. The summed E-state index contributed by atoms with van der Waals surface area (Å²) in [5.74, 6) is 0.588. The van der Waals surface area contributed by atoms with Gasteiger partial charge in [0, 0.05) is 17.7 Å². The van der Waals surface area contributed by atoms with E-state index in [-0.39, 0.29) is 5.97 Å². The van der Waals surface area contributed by atoms with Gasteiger partial charge < -0.3 is 14.2 Å². The van der Waals surface area contributed by atoms with Gasteiger partial charge in [-0.05, 0) is 44.7 Å². The molecule has 2 aliphatic rings. The molecule has 1 aromatic rings. The van der Waals surface area contributed by atoms with E-state index < -0.39 is 11.7 Å². The quantitative estimate of drug-likeness (QED) is 0.725. The van der Waals surface area contributed by atoms with Crippen molar-refractivity contribution >= 4 is 17.7 Å². The lowest BCUT2D eigenvalue weighted by Gasteiger charge is -2.20. The van der Waals surface area contributed by atoms with E-state index in [2.05, 4.69) is 23.9 Å². The molecule has 6 nitrogen and oxygen atoms in total. The number of amides is 1. The molecule has 3 rings (SSSR count). The topological polar surface area (TPSA) is 73.9 Å². The molecule has 6 heteroatoms. The molecule has 0 atom stereocenters. The molecule has 0 radical (unpaired) electrons. The first kappa shape index (κ1) is 23.0. The average molecular weight is 379 g/mol. The summed E-state index contributed by atoms with van der Waals surface area (Å²) in [5, 5.41) is 2.76. The number of fused-ring (bicyclic) bond motifs is 4. The molecule has 1 N–H and O–H groups in total. The van der Waals surface area contributed by atoms with Gasteiger partial charge in [0.15, 0.2) is 0 Å². The maximum absolute atomic E-state index is 11.7. The molecular formula is C21H33NO5. The molecule has 2 aliphatic heterocycles. The predicted octanol–water partition coefficient (Wildman–Crippen LogP) is 5.05. The van der Waals surface area contributed by atoms with Crippen LogP contribution in [0.15, 0.2) is 18.2 Å². The third kappa shape index (κ3) is 9.99. The zero-order valence-electron chi connectivity index (χ0n) is 17.4. The van der Waals surface area contributed by atoms with Crippen molar-refractivity contribution in [2.24, 2.45) is 5.92 Å². The molecule has 0 saturated carbocycles. The van der Waals surface area contributed by atoms with Gasteiger partial charge in [-0.2, -0.15) is 0 Å². The summed E-state index contributed by atoms with van der Waals surface area (Å²) in [6.45, 7) is 10.9. The van der Waals surface area contributed by atoms with Crippen LogP contribution in [0, 0.1) is 5.92 Å². The summed E-state index contributed by atoms with van der Waals surface area (Å²) in [5.41, 5.74) is 2.31. The number of carbonyl (C=O) groups excluding carboxylic acids is 2. The fraction of sp³-hybridized carbons (Fsp3) is 0.619. The third-order valence-corrected chi connectivity index (χ3v) is 3.73. The van der Waals surface area contributed by atoms with E-state index in [1.807, 2.05) is 39.0 Å². The highest BCUT2D eigenvalue weighted by Crippen LogP contribution is 2.24. The van der Waals surface area contributed by atoms with Crippen molar-refractivity contribution in [2.75, 3.05) is 12.4 Å². The zero-order valence-corrected chi connectivity index (χ0v) is 17.4. The van der Waals surface area contributed by atoms with Crippen LogP contribution in [0.3, 0.4) is 0 Å². The van der Waals surface area contributed by atoms with Gasteiger partial charge in [0.25, 0.3) is 0 Å². The van der Waals surface area contributed by atoms with Crippen molar-refractivity contribution in [2.45, 2.75) is 72.7 Å². The first-order valence-electron chi connectivity index (χ1n) is 9.37. The summed E-state index contributed by atoms with van der Waals surface area (Å²) in [6, 6.07) is 5.89. The first-order chi connectivity index (χ1) is 12.6. The van der Waals surface area contributed by atoms with Crippen LogP contribution in [0.1, 0.15) is 65.0 Å². The van der Waals surface area contributed by atoms with Gasteiger partial charge >= 0.3 is 12.1 Å². The van der Waals surface area contributed by atoms with Crippen molar-refractivity contribution in [1.82, 2.24) is 0 Å². The maximum Gasteiger partial charge on any atom is 0.412 e. The molecule has 0 spiro atoms. The van der Waals surface area contributed by atoms with E-state index in [0.29, 0.717) is 25.6 Å². The van der Waals surface area contributed by atoms with Crippen LogP contribution in [0.4, 0.5) is 10.5 Å². The van der Waals surface area contributed by atoms with Crippen molar-refractivity contribution in [3.05, 3.63) is 29.3 Å². The minimum absolute atomic E-state index is 0.0966. The lowest BCUT2D eigenvalue weighted by molar-refractivity contribution is -0.140. The highest BCUT2D eigenvalue weighted by molar-refractivity contribution is 5.86. The van der Waals surface area contributed by atoms with Gasteiger partial charge in [-0.25, -0.2) is 4.79 Å². The smallest absolute Gasteiger partial charge is 0.412 e. The Labute approximate surface area is 162 Å². The Morgan fingerprint density at radius 2 is 1.93 bits per heavy atom. The molecule has 0 saturated heterocycles. The summed E-state index contributed by atoms with van der Waals surface area (Å²) in [6.07, 6.45) is 2.19. The van der Waals surface area contributed by atoms with Crippen molar-refractivity contribution in [3.63, 3.8) is 0 Å². The Balaban J connectivity index is 0.000000314. The highest BCUT2D eigenvalue weighted by atomic mass is 16.6. The van der Waals surface area contributed by atoms with Crippen LogP contribution < -0.4 is 5.32 Å². The van der Waals surface area contributed by atoms with Crippen LogP contribution in [-0.4, -0.2) is 24.8 Å². The van der Waals surface area contributed by atoms with E-state index in [1.165, 1.54) is 7.11 Å². The minimum Gasteiger partial charge on any atom is -0.469 e. The number of anilines is 1. The number of ether oxygens (including phenoxy) is 3. The molecule has 0 fully saturated rings. The van der Waals surface area contributed by atoms with Gasteiger partial charge in [0.1, 0.15) is 5.60 Å². The second-order valence-electron chi connectivity index (χ2n) is 7.97. The fourth-order valence-corrected chi connectivity index (χ4v) is 2.40. The molecule has 27 heavy (non-hydrogen) atoms. The predicted molar refractivity (Wildman–Crippen MR) is 105 cm³/mol. The highest BCUT2D eigenvalue weighted by Gasteiger charge is 2.18. The summed E-state index contributed by atoms with van der Waals surface area (Å²) in [4.78, 5) is 22.2. The Bertz CT molecular complexity index is 619. The van der Waals surface area contributed by atoms with Crippen LogP contribution in [0.2, 0.25) is 0 Å². The van der Waals surface area contributed by atoms with Crippen molar-refractivity contribution < 1.29 is 23.8 Å². The summed E-state index contributed by atoms with van der Waals surface area (Å²) >= 11 is 0. The molecular weight excluding hydrogens is 346 g/mol. The second kappa shape index (κ2) is 10.9. The van der Waals surface area contributed by atoms with Crippen LogP contribution >= 0.6 is 0 Å². The van der Waals surface area contributed by atoms with E-state index in [0.717, 1.165) is 29.7 Å². The molecule has 2 bridgehead atoms. The normalized spacial score (nSPS) is 12.7. The Kier molecular flexibility index (Phi) is 9.29. The van der Waals surface area contributed by atoms with E-state index >= 15 is 0 Å². The van der Waals surface area contributed by atoms with Crippen LogP contribution in [-0.2, 0) is 32.2 Å². The number of methoxy groups -OCH3 is 1. The number of nitrogens with one attached hydrogen (secondary N) is 1. The lowest BCUT2D eigenvalue weighted by atomic mass is 10.1. The number of benzene rings is 1. The van der Waals surface area contributed by atoms with E-state index in [1.54, 1.807) is 0 Å². The first-order valence-corrected chi connectivity index (χ1v) is 9.37. The Hall–Kier alpha value is -2.08. The molecule has 0 unspecified atom stereocenters. The average Bonchev–Trinajstić information content (AvgIpc) is 2.88. The molecule has 0 aliphatic carbocycles. The summed E-state index contributed by atoms with van der Waals surface area (Å²) < 4.78 is 15.1. The van der Waals surface area contributed by atoms with Gasteiger partial charge in [-0.3, -0.25) is 10.1 Å². The second-order valence-corrected chi connectivity index (χ2v) is 7.97. The molecule has 1 aromatic carbocycles. The van der Waals surface area contributed by atoms with Gasteiger partial charge in [-0.15, -0.1) is 0 Å². The standard InChI is InChI=1S/C13H17NO3.C8H16O2/c1-13(2,3)17-12(15)14-11-6-9-4-5-10(11)8-16-7-9;1-7(2)5-4-6-8(9)10-3/h4-6H,7-8H2,1-3H3,(H,14,15);7H,4-6H2,1-3H3. The number of carbonyl (C=O) groups is 2. The molecule has 152 valence electrons. The SMILES string of the molecule is CC(C)(C)OC(=O)Nc1cc2ccc1COC2.COC(=O)CCCC(C)C. The van der Waals surface area contributed by atoms with Crippen molar-refractivity contribution in [1.29, 1.82) is 0 Å². The molecule has 2 heterocycles. The minimum atomic E-state index is -0.488. The van der Waals surface area contributed by atoms with E-state index in [9.17, 15) is 9.59 Å². The molecule has 0 aromatic heterocycles.